The van der Waals surface area contributed by atoms with Gasteiger partial charge in [-0.15, -0.1) is 0 Å². The molecule has 2 atom stereocenters. The molecule has 0 aromatic heterocycles. The number of amides is 1. The predicted octanol–water partition coefficient (Wildman–Crippen LogP) is 4.40. The summed E-state index contributed by atoms with van der Waals surface area (Å²) >= 11 is 0. The third kappa shape index (κ3) is 5.44. The van der Waals surface area contributed by atoms with Gasteiger partial charge in [-0.05, 0) is 57.5 Å². The lowest BCUT2D eigenvalue weighted by atomic mass is 10.1. The van der Waals surface area contributed by atoms with E-state index in [1.807, 2.05) is 45.0 Å². The quantitative estimate of drug-likeness (QED) is 0.793. The van der Waals surface area contributed by atoms with Gasteiger partial charge in [-0.25, -0.2) is 8.78 Å². The van der Waals surface area contributed by atoms with Crippen molar-refractivity contribution in [2.75, 3.05) is 0 Å². The number of carbonyl (C=O) groups excluding carboxylic acids is 1. The van der Waals surface area contributed by atoms with E-state index in [-0.39, 0.29) is 23.8 Å². The number of ether oxygens (including phenoxy) is 2. The van der Waals surface area contributed by atoms with Gasteiger partial charge in [0.25, 0.3) is 5.91 Å². The molecule has 1 amide bonds. The summed E-state index contributed by atoms with van der Waals surface area (Å²) in [5.74, 6) is -1.54. The van der Waals surface area contributed by atoms with Crippen LogP contribution in [0.1, 0.15) is 39.3 Å². The van der Waals surface area contributed by atoms with Crippen LogP contribution in [0.5, 0.6) is 11.5 Å². The summed E-state index contributed by atoms with van der Waals surface area (Å²) in [5, 5.41) is 2.84. The van der Waals surface area contributed by atoms with Crippen LogP contribution in [0.4, 0.5) is 8.78 Å². The summed E-state index contributed by atoms with van der Waals surface area (Å²) in [6.45, 7) is 7.27. The zero-order valence-corrected chi connectivity index (χ0v) is 15.3. The van der Waals surface area contributed by atoms with Crippen LogP contribution < -0.4 is 14.8 Å². The van der Waals surface area contributed by atoms with Gasteiger partial charge < -0.3 is 14.8 Å². The van der Waals surface area contributed by atoms with E-state index in [4.69, 9.17) is 9.47 Å². The van der Waals surface area contributed by atoms with Gasteiger partial charge in [-0.3, -0.25) is 4.79 Å². The Hall–Kier alpha value is -2.63. The highest BCUT2D eigenvalue weighted by molar-refractivity contribution is 5.81. The van der Waals surface area contributed by atoms with Crippen molar-refractivity contribution < 1.29 is 23.0 Å². The zero-order chi connectivity index (χ0) is 19.3. The molecule has 0 aliphatic carbocycles. The molecule has 0 spiro atoms. The summed E-state index contributed by atoms with van der Waals surface area (Å²) in [4.78, 5) is 12.3. The Balaban J connectivity index is 1.98. The van der Waals surface area contributed by atoms with Gasteiger partial charge in [0, 0.05) is 6.07 Å². The largest absolute Gasteiger partial charge is 0.491 e. The molecule has 2 unspecified atom stereocenters. The average Bonchev–Trinajstić information content (AvgIpc) is 2.57. The van der Waals surface area contributed by atoms with E-state index in [0.29, 0.717) is 0 Å². The molecule has 0 saturated carbocycles. The highest BCUT2D eigenvalue weighted by Gasteiger charge is 2.18. The molecule has 0 fully saturated rings. The van der Waals surface area contributed by atoms with Crippen molar-refractivity contribution in [2.24, 2.45) is 0 Å². The molecule has 6 heteroatoms. The Morgan fingerprint density at radius 1 is 0.923 bits per heavy atom. The minimum Gasteiger partial charge on any atom is -0.491 e. The zero-order valence-electron chi connectivity index (χ0n) is 15.3. The maximum atomic E-state index is 13.2. The predicted molar refractivity (Wildman–Crippen MR) is 95.2 cm³/mol. The van der Waals surface area contributed by atoms with E-state index in [2.05, 4.69) is 5.32 Å². The van der Waals surface area contributed by atoms with Crippen molar-refractivity contribution in [1.82, 2.24) is 5.32 Å². The molecule has 4 nitrogen and oxygen atoms in total. The van der Waals surface area contributed by atoms with Gasteiger partial charge in [0.1, 0.15) is 11.5 Å². The second-order valence-corrected chi connectivity index (χ2v) is 6.31. The molecular formula is C20H23F2NO3. The number of hydrogen-bond acceptors (Lipinski definition) is 3. The first-order valence-electron chi connectivity index (χ1n) is 8.45. The Morgan fingerprint density at radius 3 is 2.27 bits per heavy atom. The highest BCUT2D eigenvalue weighted by Crippen LogP contribution is 2.21. The average molecular weight is 363 g/mol. The van der Waals surface area contributed by atoms with Crippen molar-refractivity contribution in [3.8, 4) is 11.5 Å². The molecule has 0 aliphatic heterocycles. The molecular weight excluding hydrogens is 340 g/mol. The van der Waals surface area contributed by atoms with Gasteiger partial charge in [0.05, 0.1) is 12.1 Å². The molecule has 0 bridgehead atoms. The van der Waals surface area contributed by atoms with Crippen LogP contribution in [0.3, 0.4) is 0 Å². The smallest absolute Gasteiger partial charge is 0.261 e. The van der Waals surface area contributed by atoms with Crippen molar-refractivity contribution in [1.29, 1.82) is 0 Å². The molecule has 2 aromatic rings. The number of hydrogen-bond donors (Lipinski definition) is 1. The van der Waals surface area contributed by atoms with E-state index in [0.717, 1.165) is 23.4 Å². The lowest BCUT2D eigenvalue weighted by molar-refractivity contribution is -0.127. The summed E-state index contributed by atoms with van der Waals surface area (Å²) in [5.41, 5.74) is 0.886. The fraction of sp³-hybridized carbons (Fsp3) is 0.350. The normalized spacial score (nSPS) is 13.2. The lowest BCUT2D eigenvalue weighted by Gasteiger charge is -2.20. The van der Waals surface area contributed by atoms with E-state index in [1.54, 1.807) is 6.92 Å². The van der Waals surface area contributed by atoms with E-state index in [9.17, 15) is 13.6 Å². The number of rotatable bonds is 7. The molecule has 0 aliphatic rings. The van der Waals surface area contributed by atoms with Crippen LogP contribution in [0.15, 0.2) is 42.5 Å². The van der Waals surface area contributed by atoms with E-state index < -0.39 is 17.7 Å². The molecule has 0 heterocycles. The Morgan fingerprint density at radius 2 is 1.62 bits per heavy atom. The number of halogens is 2. The first-order chi connectivity index (χ1) is 12.3. The van der Waals surface area contributed by atoms with Gasteiger partial charge >= 0.3 is 0 Å². The topological polar surface area (TPSA) is 47.6 Å². The second-order valence-electron chi connectivity index (χ2n) is 6.31. The lowest BCUT2D eigenvalue weighted by Crippen LogP contribution is -2.37. The van der Waals surface area contributed by atoms with Crippen molar-refractivity contribution >= 4 is 5.91 Å². The summed E-state index contributed by atoms with van der Waals surface area (Å²) in [7, 11) is 0. The first kappa shape index (κ1) is 19.7. The van der Waals surface area contributed by atoms with Crippen LogP contribution >= 0.6 is 0 Å². The molecule has 2 aromatic carbocycles. The monoisotopic (exact) mass is 363 g/mol. The summed E-state index contributed by atoms with van der Waals surface area (Å²) in [6.07, 6.45) is -0.808. The molecule has 0 saturated heterocycles. The fourth-order valence-electron chi connectivity index (χ4n) is 2.35. The first-order valence-corrected chi connectivity index (χ1v) is 8.45. The van der Waals surface area contributed by atoms with Gasteiger partial charge in [-0.1, -0.05) is 12.1 Å². The van der Waals surface area contributed by atoms with Crippen LogP contribution in [-0.4, -0.2) is 18.1 Å². The number of benzene rings is 2. The Kier molecular flexibility index (Phi) is 6.55. The van der Waals surface area contributed by atoms with Crippen LogP contribution in [0.2, 0.25) is 0 Å². The minimum absolute atomic E-state index is 0.0553. The van der Waals surface area contributed by atoms with E-state index in [1.165, 1.54) is 6.07 Å². The number of nitrogens with one attached hydrogen (secondary N) is 1. The second kappa shape index (κ2) is 8.65. The number of carbonyl (C=O) groups is 1. The molecule has 1 N–H and O–H groups in total. The molecule has 0 radical (unpaired) electrons. The van der Waals surface area contributed by atoms with Crippen LogP contribution in [0, 0.1) is 11.6 Å². The van der Waals surface area contributed by atoms with Gasteiger partial charge in [-0.2, -0.15) is 0 Å². The van der Waals surface area contributed by atoms with Crippen molar-refractivity contribution in [3.63, 3.8) is 0 Å². The van der Waals surface area contributed by atoms with Crippen LogP contribution in [0.25, 0.3) is 0 Å². The van der Waals surface area contributed by atoms with Gasteiger partial charge in [0.2, 0.25) is 0 Å². The molecule has 26 heavy (non-hydrogen) atoms. The van der Waals surface area contributed by atoms with E-state index >= 15 is 0 Å². The highest BCUT2D eigenvalue weighted by atomic mass is 19.2. The van der Waals surface area contributed by atoms with Gasteiger partial charge in [0.15, 0.2) is 17.7 Å². The van der Waals surface area contributed by atoms with Crippen LogP contribution in [-0.2, 0) is 4.79 Å². The van der Waals surface area contributed by atoms with Crippen molar-refractivity contribution in [3.05, 3.63) is 59.7 Å². The minimum atomic E-state index is -1.02. The Bertz CT molecular complexity index is 764. The maximum absolute atomic E-state index is 13.2. The van der Waals surface area contributed by atoms with Crippen molar-refractivity contribution in [2.45, 2.75) is 45.9 Å². The third-order valence-electron chi connectivity index (χ3n) is 3.66. The fourth-order valence-corrected chi connectivity index (χ4v) is 2.35. The summed E-state index contributed by atoms with van der Waals surface area (Å²) in [6, 6.07) is 10.3. The molecule has 2 rings (SSSR count). The standard InChI is InChI=1S/C20H23F2NO3/c1-12(2)25-16-7-5-6-15(10-16)13(3)23-20(24)14(4)26-17-8-9-18(21)19(22)11-17/h5-14H,1-4H3,(H,23,24). The third-order valence-corrected chi connectivity index (χ3v) is 3.66. The summed E-state index contributed by atoms with van der Waals surface area (Å²) < 4.78 is 37.2. The Labute approximate surface area is 152 Å². The molecule has 140 valence electrons. The maximum Gasteiger partial charge on any atom is 0.261 e. The SMILES string of the molecule is CC(C)Oc1cccc(C(C)NC(=O)C(C)Oc2ccc(F)c(F)c2)c1.